The standard InChI is InChI=1S/C14H21BFN3O2/c1-13(2)14(3,4)21-15(20-13)11(16)9-5-8(6-9)10-7-18-19-12(10)17/h7-8H,5-6H2,1-4H3,(H3,17,18,19). The summed E-state index contributed by atoms with van der Waals surface area (Å²) in [6, 6.07) is 0. The first-order valence-corrected chi connectivity index (χ1v) is 7.23. The van der Waals surface area contributed by atoms with Gasteiger partial charge in [0, 0.05) is 5.56 Å². The summed E-state index contributed by atoms with van der Waals surface area (Å²) in [5.41, 5.74) is 6.17. The lowest BCUT2D eigenvalue weighted by atomic mass is 9.70. The number of nitrogens with zero attached hydrogens (tertiary/aromatic N) is 1. The minimum absolute atomic E-state index is 0.229. The zero-order valence-electron chi connectivity index (χ0n) is 12.9. The monoisotopic (exact) mass is 293 g/mol. The first kappa shape index (κ1) is 14.6. The molecule has 0 spiro atoms. The van der Waals surface area contributed by atoms with Crippen LogP contribution in [0.3, 0.4) is 0 Å². The second-order valence-corrected chi connectivity index (χ2v) is 6.88. The Morgan fingerprint density at radius 1 is 1.33 bits per heavy atom. The van der Waals surface area contributed by atoms with Crippen molar-refractivity contribution in [1.82, 2.24) is 10.2 Å². The molecule has 7 heteroatoms. The SMILES string of the molecule is CC1(C)OB(C(F)=C2CC(c3cn[nH]c3N)C2)OC1(C)C. The van der Waals surface area contributed by atoms with Crippen molar-refractivity contribution >= 4 is 12.9 Å². The molecule has 3 rings (SSSR count). The lowest BCUT2D eigenvalue weighted by Crippen LogP contribution is -2.41. The molecule has 114 valence electrons. The van der Waals surface area contributed by atoms with Crippen molar-refractivity contribution in [2.45, 2.75) is 57.7 Å². The quantitative estimate of drug-likeness (QED) is 0.822. The fourth-order valence-corrected chi connectivity index (χ4v) is 2.69. The maximum atomic E-state index is 14.5. The molecule has 1 aromatic rings. The van der Waals surface area contributed by atoms with Gasteiger partial charge in [0.15, 0.2) is 0 Å². The summed E-state index contributed by atoms with van der Waals surface area (Å²) in [4.78, 5) is 0. The summed E-state index contributed by atoms with van der Waals surface area (Å²) in [5.74, 6) is 0.794. The molecule has 0 atom stereocenters. The number of allylic oxidation sites excluding steroid dienone is 1. The van der Waals surface area contributed by atoms with E-state index in [0.717, 1.165) is 11.1 Å². The van der Waals surface area contributed by atoms with Crippen molar-refractivity contribution in [3.63, 3.8) is 0 Å². The number of hydrogen-bond donors (Lipinski definition) is 2. The molecular weight excluding hydrogens is 272 g/mol. The molecule has 1 aliphatic heterocycles. The molecule has 3 N–H and O–H groups in total. The van der Waals surface area contributed by atoms with Crippen LogP contribution in [0.15, 0.2) is 17.5 Å². The Labute approximate surface area is 124 Å². The van der Waals surface area contributed by atoms with Crippen LogP contribution in [0.2, 0.25) is 0 Å². The molecule has 0 radical (unpaired) electrons. The molecular formula is C14H21BFN3O2. The van der Waals surface area contributed by atoms with Gasteiger partial charge in [0.1, 0.15) is 11.5 Å². The number of nitrogens with one attached hydrogen (secondary N) is 1. The zero-order chi connectivity index (χ0) is 15.4. The summed E-state index contributed by atoms with van der Waals surface area (Å²) in [7, 11) is -0.896. The van der Waals surface area contributed by atoms with Crippen LogP contribution < -0.4 is 5.73 Å². The number of halogens is 1. The lowest BCUT2D eigenvalue weighted by molar-refractivity contribution is 0.00578. The molecule has 0 unspecified atom stereocenters. The number of rotatable bonds is 2. The van der Waals surface area contributed by atoms with Gasteiger partial charge in [0.25, 0.3) is 0 Å². The van der Waals surface area contributed by atoms with Crippen molar-refractivity contribution in [1.29, 1.82) is 0 Å². The average molecular weight is 293 g/mol. The molecule has 1 aliphatic carbocycles. The number of anilines is 1. The van der Waals surface area contributed by atoms with Crippen molar-refractivity contribution in [2.24, 2.45) is 0 Å². The topological polar surface area (TPSA) is 73.2 Å². The third-order valence-corrected chi connectivity index (χ3v) is 4.92. The first-order chi connectivity index (χ1) is 9.71. The van der Waals surface area contributed by atoms with Gasteiger partial charge in [-0.1, -0.05) is 0 Å². The highest BCUT2D eigenvalue weighted by molar-refractivity contribution is 6.53. The third-order valence-electron chi connectivity index (χ3n) is 4.92. The molecule has 0 bridgehead atoms. The number of H-pyrrole nitrogens is 1. The Morgan fingerprint density at radius 3 is 2.38 bits per heavy atom. The van der Waals surface area contributed by atoms with Crippen molar-refractivity contribution in [3.8, 4) is 0 Å². The van der Waals surface area contributed by atoms with E-state index in [-0.39, 0.29) is 11.6 Å². The number of aromatic nitrogens is 2. The van der Waals surface area contributed by atoms with Gasteiger partial charge in [-0.05, 0) is 52.0 Å². The smallest absolute Gasteiger partial charge is 0.398 e. The molecule has 1 saturated heterocycles. The second-order valence-electron chi connectivity index (χ2n) is 6.88. The van der Waals surface area contributed by atoms with Crippen LogP contribution in [0, 0.1) is 0 Å². The van der Waals surface area contributed by atoms with Gasteiger partial charge in [0.2, 0.25) is 0 Å². The molecule has 5 nitrogen and oxygen atoms in total. The van der Waals surface area contributed by atoms with Crippen LogP contribution in [0.5, 0.6) is 0 Å². The van der Waals surface area contributed by atoms with E-state index < -0.39 is 18.3 Å². The summed E-state index contributed by atoms with van der Waals surface area (Å²) in [5, 5.41) is 6.61. The number of nitrogen functional groups attached to an aromatic ring is 1. The molecule has 1 aromatic heterocycles. The van der Waals surface area contributed by atoms with Crippen LogP contribution in [0.1, 0.15) is 52.0 Å². The van der Waals surface area contributed by atoms with Crippen molar-refractivity contribution in [3.05, 3.63) is 23.1 Å². The maximum absolute atomic E-state index is 14.5. The van der Waals surface area contributed by atoms with E-state index in [0.29, 0.717) is 18.7 Å². The van der Waals surface area contributed by atoms with Gasteiger partial charge in [0.05, 0.1) is 17.4 Å². The highest BCUT2D eigenvalue weighted by Gasteiger charge is 2.54. The van der Waals surface area contributed by atoms with Crippen LogP contribution in [-0.4, -0.2) is 28.5 Å². The maximum Gasteiger partial charge on any atom is 0.525 e. The van der Waals surface area contributed by atoms with E-state index >= 15 is 0 Å². The summed E-state index contributed by atoms with van der Waals surface area (Å²) in [6.07, 6.45) is 2.99. The van der Waals surface area contributed by atoms with Gasteiger partial charge < -0.3 is 15.0 Å². The van der Waals surface area contributed by atoms with E-state index in [2.05, 4.69) is 10.2 Å². The average Bonchev–Trinajstić information content (AvgIpc) is 2.80. The molecule has 2 heterocycles. The van der Waals surface area contributed by atoms with Gasteiger partial charge in [-0.25, -0.2) is 4.39 Å². The van der Waals surface area contributed by atoms with Crippen LogP contribution in [-0.2, 0) is 9.31 Å². The first-order valence-electron chi connectivity index (χ1n) is 7.23. The van der Waals surface area contributed by atoms with Gasteiger partial charge in [-0.2, -0.15) is 5.10 Å². The zero-order valence-corrected chi connectivity index (χ0v) is 12.9. The summed E-state index contributed by atoms with van der Waals surface area (Å²) < 4.78 is 26.0. The summed E-state index contributed by atoms with van der Waals surface area (Å²) >= 11 is 0. The number of nitrogens with two attached hydrogens (primary N) is 1. The fourth-order valence-electron chi connectivity index (χ4n) is 2.69. The normalized spacial score (nSPS) is 26.8. The van der Waals surface area contributed by atoms with Gasteiger partial charge in [-0.15, -0.1) is 0 Å². The van der Waals surface area contributed by atoms with E-state index in [4.69, 9.17) is 15.0 Å². The van der Waals surface area contributed by atoms with Crippen LogP contribution in [0.25, 0.3) is 0 Å². The minimum Gasteiger partial charge on any atom is -0.398 e. The minimum atomic E-state index is -0.896. The molecule has 0 aromatic carbocycles. The Kier molecular flexibility index (Phi) is 3.18. The van der Waals surface area contributed by atoms with E-state index in [1.165, 1.54) is 0 Å². The van der Waals surface area contributed by atoms with E-state index in [9.17, 15) is 4.39 Å². The predicted molar refractivity (Wildman–Crippen MR) is 79.2 cm³/mol. The molecule has 21 heavy (non-hydrogen) atoms. The Bertz CT molecular complexity index is 573. The Morgan fingerprint density at radius 2 is 1.90 bits per heavy atom. The van der Waals surface area contributed by atoms with Crippen LogP contribution >= 0.6 is 0 Å². The highest BCUT2D eigenvalue weighted by Crippen LogP contribution is 2.47. The van der Waals surface area contributed by atoms with E-state index in [1.54, 1.807) is 6.20 Å². The molecule has 2 fully saturated rings. The lowest BCUT2D eigenvalue weighted by Gasteiger charge is -2.32. The number of aromatic amines is 1. The Balaban J connectivity index is 1.71. The van der Waals surface area contributed by atoms with Crippen molar-refractivity contribution in [2.75, 3.05) is 5.73 Å². The Hall–Kier alpha value is -1.34. The molecule has 1 saturated carbocycles. The highest BCUT2D eigenvalue weighted by atomic mass is 19.1. The third kappa shape index (κ3) is 2.28. The van der Waals surface area contributed by atoms with Gasteiger partial charge in [-0.3, -0.25) is 5.10 Å². The predicted octanol–water partition coefficient (Wildman–Crippen LogP) is 2.72. The summed E-state index contributed by atoms with van der Waals surface area (Å²) in [6.45, 7) is 7.67. The van der Waals surface area contributed by atoms with E-state index in [1.807, 2.05) is 27.7 Å². The number of hydrogen-bond acceptors (Lipinski definition) is 4. The molecule has 0 amide bonds. The molecule has 2 aliphatic rings. The largest absolute Gasteiger partial charge is 0.525 e. The van der Waals surface area contributed by atoms with Crippen molar-refractivity contribution < 1.29 is 13.7 Å². The van der Waals surface area contributed by atoms with Gasteiger partial charge >= 0.3 is 7.12 Å². The fraction of sp³-hybridized carbons (Fsp3) is 0.643. The second kappa shape index (κ2) is 4.58. The van der Waals surface area contributed by atoms with Crippen LogP contribution in [0.4, 0.5) is 10.2 Å².